The van der Waals surface area contributed by atoms with E-state index >= 15 is 0 Å². The average Bonchev–Trinajstić information content (AvgIpc) is 3.33. The van der Waals surface area contributed by atoms with Crippen LogP contribution in [0, 0.1) is 5.92 Å². The molecule has 2 aliphatic rings. The maximum atomic E-state index is 12.6. The second-order valence-electron chi connectivity index (χ2n) is 7.38. The maximum Gasteiger partial charge on any atom is 0.451 e. The topological polar surface area (TPSA) is 100 Å². The second kappa shape index (κ2) is 8.46. The van der Waals surface area contributed by atoms with Gasteiger partial charge in [-0.1, -0.05) is 0 Å². The van der Waals surface area contributed by atoms with E-state index in [4.69, 9.17) is 4.74 Å². The Morgan fingerprint density at radius 1 is 1.25 bits per heavy atom. The number of alkyl halides is 3. The summed E-state index contributed by atoms with van der Waals surface area (Å²) in [5.74, 6) is -2.64. The second-order valence-corrected chi connectivity index (χ2v) is 7.38. The summed E-state index contributed by atoms with van der Waals surface area (Å²) in [6, 6.07) is -0.215. The number of hydrogen-bond donors (Lipinski definition) is 2. The highest BCUT2D eigenvalue weighted by Gasteiger charge is 2.36. The SMILES string of the molecule is CN(CC1CCCO1)C(=O)C1CCC(NC(=O)c2n[nH]c(C(F)(F)F)n2)CC1. The van der Waals surface area contributed by atoms with Crippen LogP contribution in [-0.2, 0) is 15.7 Å². The van der Waals surface area contributed by atoms with E-state index in [1.165, 1.54) is 0 Å². The minimum atomic E-state index is -4.68. The third-order valence-electron chi connectivity index (χ3n) is 5.25. The van der Waals surface area contributed by atoms with E-state index in [9.17, 15) is 22.8 Å². The molecule has 2 amide bonds. The molecule has 0 bridgehead atoms. The van der Waals surface area contributed by atoms with Gasteiger partial charge in [0, 0.05) is 32.2 Å². The first-order valence-corrected chi connectivity index (χ1v) is 9.41. The number of ether oxygens (including phenoxy) is 1. The van der Waals surface area contributed by atoms with Gasteiger partial charge in [0.05, 0.1) is 6.10 Å². The molecule has 156 valence electrons. The fourth-order valence-electron chi connectivity index (χ4n) is 3.72. The Hall–Kier alpha value is -2.17. The predicted molar refractivity (Wildman–Crippen MR) is 91.2 cm³/mol. The molecule has 0 radical (unpaired) electrons. The number of likely N-dealkylation sites (N-methyl/N-ethyl adjacent to an activating group) is 1. The van der Waals surface area contributed by atoms with Crippen LogP contribution in [-0.4, -0.2) is 64.2 Å². The van der Waals surface area contributed by atoms with Crippen LogP contribution in [0.1, 0.15) is 55.0 Å². The van der Waals surface area contributed by atoms with Crippen LogP contribution in [0.25, 0.3) is 0 Å². The van der Waals surface area contributed by atoms with E-state index in [0.717, 1.165) is 19.4 Å². The number of carbonyl (C=O) groups is 2. The van der Waals surface area contributed by atoms with Gasteiger partial charge < -0.3 is 15.0 Å². The molecule has 1 atom stereocenters. The van der Waals surface area contributed by atoms with Gasteiger partial charge in [-0.25, -0.2) is 0 Å². The van der Waals surface area contributed by atoms with E-state index in [2.05, 4.69) is 15.4 Å². The number of rotatable bonds is 5. The van der Waals surface area contributed by atoms with Crippen molar-refractivity contribution >= 4 is 11.8 Å². The molecule has 2 N–H and O–H groups in total. The van der Waals surface area contributed by atoms with Gasteiger partial charge in [-0.3, -0.25) is 14.7 Å². The number of nitrogens with zero attached hydrogens (tertiary/aromatic N) is 3. The van der Waals surface area contributed by atoms with Crippen LogP contribution >= 0.6 is 0 Å². The van der Waals surface area contributed by atoms with Gasteiger partial charge in [0.2, 0.25) is 17.6 Å². The van der Waals surface area contributed by atoms with Crippen LogP contribution in [0.4, 0.5) is 13.2 Å². The zero-order chi connectivity index (χ0) is 20.3. The normalized spacial score (nSPS) is 25.5. The summed E-state index contributed by atoms with van der Waals surface area (Å²) in [5.41, 5.74) is 0. The highest BCUT2D eigenvalue weighted by Crippen LogP contribution is 2.27. The van der Waals surface area contributed by atoms with Crippen LogP contribution in [0.15, 0.2) is 0 Å². The monoisotopic (exact) mass is 403 g/mol. The molecular formula is C17H24F3N5O3. The van der Waals surface area contributed by atoms with Crippen molar-refractivity contribution in [2.75, 3.05) is 20.2 Å². The van der Waals surface area contributed by atoms with E-state index in [1.807, 2.05) is 0 Å². The third-order valence-corrected chi connectivity index (χ3v) is 5.25. The number of amides is 2. The van der Waals surface area contributed by atoms with Crippen molar-refractivity contribution in [2.24, 2.45) is 5.92 Å². The molecule has 3 rings (SSSR count). The first kappa shape index (κ1) is 20.6. The number of aromatic amines is 1. The van der Waals surface area contributed by atoms with Crippen molar-refractivity contribution in [3.63, 3.8) is 0 Å². The molecule has 1 saturated carbocycles. The largest absolute Gasteiger partial charge is 0.451 e. The molecule has 1 aliphatic carbocycles. The number of halogens is 3. The van der Waals surface area contributed by atoms with Crippen molar-refractivity contribution in [1.82, 2.24) is 25.4 Å². The molecule has 1 aromatic rings. The first-order chi connectivity index (χ1) is 13.2. The van der Waals surface area contributed by atoms with Gasteiger partial charge in [-0.2, -0.15) is 18.2 Å². The summed E-state index contributed by atoms with van der Waals surface area (Å²) in [7, 11) is 1.78. The summed E-state index contributed by atoms with van der Waals surface area (Å²) < 4.78 is 43.1. The first-order valence-electron chi connectivity index (χ1n) is 9.41. The Balaban J connectivity index is 1.45. The molecule has 1 saturated heterocycles. The molecule has 1 unspecified atom stereocenters. The van der Waals surface area contributed by atoms with Crippen LogP contribution < -0.4 is 5.32 Å². The van der Waals surface area contributed by atoms with E-state index < -0.39 is 23.7 Å². The van der Waals surface area contributed by atoms with Crippen molar-refractivity contribution in [2.45, 2.75) is 56.8 Å². The van der Waals surface area contributed by atoms with Crippen molar-refractivity contribution < 1.29 is 27.5 Å². The third kappa shape index (κ3) is 5.00. The lowest BCUT2D eigenvalue weighted by Gasteiger charge is -2.31. The molecule has 0 aromatic carbocycles. The van der Waals surface area contributed by atoms with Crippen molar-refractivity contribution in [3.05, 3.63) is 11.6 Å². The van der Waals surface area contributed by atoms with Crippen molar-refractivity contribution in [3.8, 4) is 0 Å². The maximum absolute atomic E-state index is 12.6. The molecule has 11 heteroatoms. The highest BCUT2D eigenvalue weighted by molar-refractivity contribution is 5.90. The Kier molecular flexibility index (Phi) is 6.21. The Morgan fingerprint density at radius 3 is 2.54 bits per heavy atom. The standard InChI is InChI=1S/C17H24F3N5O3/c1-25(9-12-3-2-8-28-12)15(27)10-4-6-11(7-5-10)21-14(26)13-22-16(24-23-13)17(18,19)20/h10-12H,2-9H2,1H3,(H,21,26)(H,22,23,24). The average molecular weight is 403 g/mol. The molecule has 8 nitrogen and oxygen atoms in total. The van der Waals surface area contributed by atoms with Crippen molar-refractivity contribution in [1.29, 1.82) is 0 Å². The molecule has 1 aliphatic heterocycles. The Labute approximate surface area is 160 Å². The van der Waals surface area contributed by atoms with Gasteiger partial charge >= 0.3 is 6.18 Å². The quantitative estimate of drug-likeness (QED) is 0.780. The van der Waals surface area contributed by atoms with E-state index in [1.54, 1.807) is 17.0 Å². The van der Waals surface area contributed by atoms with Gasteiger partial charge in [-0.05, 0) is 38.5 Å². The smallest absolute Gasteiger partial charge is 0.376 e. The fourth-order valence-corrected chi connectivity index (χ4v) is 3.72. The number of hydrogen-bond acceptors (Lipinski definition) is 5. The van der Waals surface area contributed by atoms with Gasteiger partial charge in [0.25, 0.3) is 5.91 Å². The minimum Gasteiger partial charge on any atom is -0.376 e. The number of nitrogens with one attached hydrogen (secondary N) is 2. The molecule has 2 fully saturated rings. The highest BCUT2D eigenvalue weighted by atomic mass is 19.4. The summed E-state index contributed by atoms with van der Waals surface area (Å²) in [5, 5.41) is 7.69. The van der Waals surface area contributed by atoms with Gasteiger partial charge in [0.15, 0.2) is 0 Å². The number of H-pyrrole nitrogens is 1. The lowest BCUT2D eigenvalue weighted by molar-refractivity contribution is -0.144. The lowest BCUT2D eigenvalue weighted by Crippen LogP contribution is -2.43. The molecular weight excluding hydrogens is 379 g/mol. The summed E-state index contributed by atoms with van der Waals surface area (Å²) >= 11 is 0. The Morgan fingerprint density at radius 2 is 1.96 bits per heavy atom. The molecule has 28 heavy (non-hydrogen) atoms. The fraction of sp³-hybridized carbons (Fsp3) is 0.765. The molecule has 2 heterocycles. The molecule has 1 aromatic heterocycles. The molecule has 0 spiro atoms. The van der Waals surface area contributed by atoms with Crippen LogP contribution in [0.2, 0.25) is 0 Å². The minimum absolute atomic E-state index is 0.0732. The summed E-state index contributed by atoms with van der Waals surface area (Å²) in [4.78, 5) is 29.5. The van der Waals surface area contributed by atoms with E-state index in [-0.39, 0.29) is 24.0 Å². The zero-order valence-corrected chi connectivity index (χ0v) is 15.6. The lowest BCUT2D eigenvalue weighted by atomic mass is 9.85. The predicted octanol–water partition coefficient (Wildman–Crippen LogP) is 1.75. The Bertz CT molecular complexity index is 694. The number of carbonyl (C=O) groups excluding carboxylic acids is 2. The van der Waals surface area contributed by atoms with Crippen LogP contribution in [0.3, 0.4) is 0 Å². The summed E-state index contributed by atoms with van der Waals surface area (Å²) in [6.45, 7) is 1.33. The van der Waals surface area contributed by atoms with E-state index in [0.29, 0.717) is 32.2 Å². The van der Waals surface area contributed by atoms with Gasteiger partial charge in [0.1, 0.15) is 0 Å². The number of aromatic nitrogens is 3. The summed E-state index contributed by atoms with van der Waals surface area (Å²) in [6.07, 6.45) is -0.213. The van der Waals surface area contributed by atoms with Crippen LogP contribution in [0.5, 0.6) is 0 Å². The van der Waals surface area contributed by atoms with Gasteiger partial charge in [-0.15, -0.1) is 5.10 Å². The zero-order valence-electron chi connectivity index (χ0n) is 15.6.